The van der Waals surface area contributed by atoms with Crippen molar-refractivity contribution in [1.29, 1.82) is 0 Å². The second-order valence-electron chi connectivity index (χ2n) is 6.44. The number of hydrogen-bond donors (Lipinski definition) is 2. The molecule has 5 nitrogen and oxygen atoms in total. The summed E-state index contributed by atoms with van der Waals surface area (Å²) in [5.74, 6) is -1.00. The van der Waals surface area contributed by atoms with Crippen molar-refractivity contribution in [3.63, 3.8) is 0 Å². The van der Waals surface area contributed by atoms with Gasteiger partial charge in [-0.25, -0.2) is 4.90 Å². The summed E-state index contributed by atoms with van der Waals surface area (Å²) >= 11 is 6.08. The average Bonchev–Trinajstić information content (AvgIpc) is 2.85. The molecule has 23 heavy (non-hydrogen) atoms. The van der Waals surface area contributed by atoms with E-state index in [4.69, 9.17) is 11.6 Å². The van der Waals surface area contributed by atoms with Crippen molar-refractivity contribution in [2.24, 2.45) is 0 Å². The molecular weight excluding hydrogens is 314 g/mol. The van der Waals surface area contributed by atoms with E-state index in [1.54, 1.807) is 0 Å². The van der Waals surface area contributed by atoms with E-state index in [-0.39, 0.29) is 0 Å². The van der Waals surface area contributed by atoms with Crippen LogP contribution in [0.1, 0.15) is 26.2 Å². The van der Waals surface area contributed by atoms with E-state index >= 15 is 0 Å². The number of piperazine rings is 1. The molecule has 2 heterocycles. The molecule has 6 heteroatoms. The summed E-state index contributed by atoms with van der Waals surface area (Å²) in [6, 6.07) is 7.90. The molecule has 1 aromatic rings. The lowest BCUT2D eigenvalue weighted by atomic mass is 10.2. The van der Waals surface area contributed by atoms with Crippen LogP contribution < -0.4 is 4.90 Å². The number of hydrogen-bond acceptors (Lipinski definition) is 5. The number of anilines is 1. The Morgan fingerprint density at radius 3 is 2.65 bits per heavy atom. The van der Waals surface area contributed by atoms with Gasteiger partial charge in [-0.2, -0.15) is 0 Å². The highest BCUT2D eigenvalue weighted by Crippen LogP contribution is 2.35. The Bertz CT molecular complexity index is 536. The lowest BCUT2D eigenvalue weighted by Crippen LogP contribution is -2.63. The van der Waals surface area contributed by atoms with Gasteiger partial charge in [0, 0.05) is 49.9 Å². The number of rotatable bonds is 4. The van der Waals surface area contributed by atoms with Crippen LogP contribution in [0.15, 0.2) is 24.3 Å². The SMILES string of the molecule is CCCN1C(O)CCC1(O)N1CCN(c2cccc(Cl)c2)CC1. The number of halogens is 1. The summed E-state index contributed by atoms with van der Waals surface area (Å²) < 4.78 is 0. The van der Waals surface area contributed by atoms with Gasteiger partial charge >= 0.3 is 0 Å². The summed E-state index contributed by atoms with van der Waals surface area (Å²) in [6.45, 7) is 6.03. The van der Waals surface area contributed by atoms with Crippen molar-refractivity contribution in [1.82, 2.24) is 9.80 Å². The predicted octanol–water partition coefficient (Wildman–Crippen LogP) is 1.93. The van der Waals surface area contributed by atoms with E-state index in [1.807, 2.05) is 23.1 Å². The van der Waals surface area contributed by atoms with Crippen molar-refractivity contribution in [2.75, 3.05) is 37.6 Å². The van der Waals surface area contributed by atoms with Gasteiger partial charge in [0.2, 0.25) is 0 Å². The Morgan fingerprint density at radius 1 is 1.26 bits per heavy atom. The summed E-state index contributed by atoms with van der Waals surface area (Å²) in [7, 11) is 0. The first-order chi connectivity index (χ1) is 11.0. The normalized spacial score (nSPS) is 30.1. The number of aliphatic hydroxyl groups is 2. The van der Waals surface area contributed by atoms with E-state index in [9.17, 15) is 10.2 Å². The molecule has 0 bridgehead atoms. The molecule has 0 amide bonds. The van der Waals surface area contributed by atoms with Gasteiger partial charge < -0.3 is 15.1 Å². The molecule has 0 radical (unpaired) electrons. The van der Waals surface area contributed by atoms with Crippen molar-refractivity contribution in [3.05, 3.63) is 29.3 Å². The van der Waals surface area contributed by atoms with Crippen molar-refractivity contribution >= 4 is 17.3 Å². The Hall–Kier alpha value is -0.850. The average molecular weight is 340 g/mol. The fourth-order valence-electron chi connectivity index (χ4n) is 3.77. The third kappa shape index (κ3) is 3.35. The van der Waals surface area contributed by atoms with Gasteiger partial charge in [-0.05, 0) is 31.0 Å². The molecule has 2 saturated heterocycles. The molecule has 3 rings (SSSR count). The van der Waals surface area contributed by atoms with E-state index < -0.39 is 12.1 Å². The summed E-state index contributed by atoms with van der Waals surface area (Å²) in [6.07, 6.45) is 1.61. The molecule has 2 aliphatic heterocycles. The molecule has 2 N–H and O–H groups in total. The maximum atomic E-state index is 11.1. The van der Waals surface area contributed by atoms with Gasteiger partial charge in [0.1, 0.15) is 6.23 Å². The lowest BCUT2D eigenvalue weighted by molar-refractivity contribution is -0.224. The first kappa shape index (κ1) is 17.0. The number of nitrogens with zero attached hydrogens (tertiary/aromatic N) is 3. The molecule has 1 aromatic carbocycles. The summed E-state index contributed by atoms with van der Waals surface area (Å²) in [5.41, 5.74) is 1.13. The molecular formula is C17H26ClN3O2. The maximum absolute atomic E-state index is 11.1. The van der Waals surface area contributed by atoms with Gasteiger partial charge in [-0.1, -0.05) is 24.6 Å². The van der Waals surface area contributed by atoms with Crippen LogP contribution >= 0.6 is 11.6 Å². The minimum absolute atomic E-state index is 0.536. The highest BCUT2D eigenvalue weighted by molar-refractivity contribution is 6.30. The molecule has 0 spiro atoms. The van der Waals surface area contributed by atoms with Crippen molar-refractivity contribution in [2.45, 2.75) is 38.3 Å². The quantitative estimate of drug-likeness (QED) is 0.878. The molecule has 128 valence electrons. The molecule has 0 aliphatic carbocycles. The van der Waals surface area contributed by atoms with Crippen LogP contribution in [0.2, 0.25) is 5.02 Å². The number of benzene rings is 1. The zero-order chi connectivity index (χ0) is 16.4. The van der Waals surface area contributed by atoms with Crippen LogP contribution in [-0.4, -0.2) is 64.8 Å². The van der Waals surface area contributed by atoms with Crippen molar-refractivity contribution < 1.29 is 10.2 Å². The highest BCUT2D eigenvalue weighted by Gasteiger charge is 2.48. The van der Waals surface area contributed by atoms with Crippen LogP contribution in [-0.2, 0) is 0 Å². The minimum atomic E-state index is -1.00. The first-order valence-electron chi connectivity index (χ1n) is 8.47. The standard InChI is InChI=1S/C17H26ClN3O2/c1-2-8-21-16(22)6-7-17(21,23)20-11-9-19(10-12-20)15-5-3-4-14(18)13-15/h3-5,13,16,22-23H,2,6-12H2,1H3. The van der Waals surface area contributed by atoms with Crippen LogP contribution in [0.5, 0.6) is 0 Å². The van der Waals surface area contributed by atoms with E-state index in [2.05, 4.69) is 22.8 Å². The van der Waals surface area contributed by atoms with Gasteiger partial charge in [-0.3, -0.25) is 4.90 Å². The van der Waals surface area contributed by atoms with Gasteiger partial charge in [-0.15, -0.1) is 0 Å². The fraction of sp³-hybridized carbons (Fsp3) is 0.647. The van der Waals surface area contributed by atoms with Crippen LogP contribution in [0.4, 0.5) is 5.69 Å². The maximum Gasteiger partial charge on any atom is 0.179 e. The second kappa shape index (κ2) is 6.95. The largest absolute Gasteiger partial charge is 0.378 e. The Balaban J connectivity index is 1.66. The zero-order valence-corrected chi connectivity index (χ0v) is 14.4. The fourth-order valence-corrected chi connectivity index (χ4v) is 3.95. The summed E-state index contributed by atoms with van der Waals surface area (Å²) in [4.78, 5) is 6.25. The Labute approximate surface area is 143 Å². The molecule has 0 aromatic heterocycles. The first-order valence-corrected chi connectivity index (χ1v) is 8.85. The van der Waals surface area contributed by atoms with Crippen molar-refractivity contribution in [3.8, 4) is 0 Å². The smallest absolute Gasteiger partial charge is 0.179 e. The topological polar surface area (TPSA) is 50.2 Å². The number of likely N-dealkylation sites (tertiary alicyclic amines) is 1. The number of aliphatic hydroxyl groups excluding tert-OH is 1. The minimum Gasteiger partial charge on any atom is -0.378 e. The molecule has 2 aliphatic rings. The monoisotopic (exact) mass is 339 g/mol. The third-order valence-electron chi connectivity index (χ3n) is 4.98. The van der Waals surface area contributed by atoms with E-state index in [1.165, 1.54) is 0 Å². The zero-order valence-electron chi connectivity index (χ0n) is 13.7. The summed E-state index contributed by atoms with van der Waals surface area (Å²) in [5, 5.41) is 22.0. The molecule has 2 atom stereocenters. The second-order valence-corrected chi connectivity index (χ2v) is 6.88. The van der Waals surface area contributed by atoms with Gasteiger partial charge in [0.25, 0.3) is 0 Å². The van der Waals surface area contributed by atoms with Crippen LogP contribution in [0.3, 0.4) is 0 Å². The van der Waals surface area contributed by atoms with E-state index in [0.29, 0.717) is 19.4 Å². The molecule has 0 saturated carbocycles. The van der Waals surface area contributed by atoms with Gasteiger partial charge in [0.05, 0.1) is 0 Å². The third-order valence-corrected chi connectivity index (χ3v) is 5.22. The van der Waals surface area contributed by atoms with Gasteiger partial charge in [0.15, 0.2) is 5.85 Å². The van der Waals surface area contributed by atoms with Crippen LogP contribution in [0, 0.1) is 0 Å². The predicted molar refractivity (Wildman–Crippen MR) is 92.4 cm³/mol. The highest BCUT2D eigenvalue weighted by atomic mass is 35.5. The Kier molecular flexibility index (Phi) is 5.13. The molecule has 2 unspecified atom stereocenters. The molecule has 2 fully saturated rings. The lowest BCUT2D eigenvalue weighted by Gasteiger charge is -2.47. The van der Waals surface area contributed by atoms with Crippen LogP contribution in [0.25, 0.3) is 0 Å². The van der Waals surface area contributed by atoms with E-state index in [0.717, 1.165) is 43.3 Å². The Morgan fingerprint density at radius 2 is 2.00 bits per heavy atom.